The average Bonchev–Trinajstić information content (AvgIpc) is 3.17. The molecule has 0 saturated carbocycles. The molecule has 0 radical (unpaired) electrons. The van der Waals surface area contributed by atoms with Crippen molar-refractivity contribution in [3.8, 4) is 23.1 Å². The summed E-state index contributed by atoms with van der Waals surface area (Å²) in [5, 5.41) is 15.0. The maximum atomic E-state index is 13.2. The van der Waals surface area contributed by atoms with Gasteiger partial charge in [-0.2, -0.15) is 5.26 Å². The van der Waals surface area contributed by atoms with Crippen molar-refractivity contribution in [2.75, 3.05) is 13.7 Å². The Bertz CT molecular complexity index is 1690. The number of pyridine rings is 3. The monoisotopic (exact) mass is 546 g/mol. The minimum Gasteiger partial charge on any atom is -0.478 e. The van der Waals surface area contributed by atoms with E-state index in [9.17, 15) is 14.9 Å². The Morgan fingerprint density at radius 1 is 1.07 bits per heavy atom. The number of carbonyl (C=O) groups is 2. The number of carbonyl (C=O) groups excluding carboxylic acids is 2. The van der Waals surface area contributed by atoms with Crippen LogP contribution in [-0.4, -0.2) is 40.4 Å². The first kappa shape index (κ1) is 28.7. The standard InChI is InChI=1S/C32H30N6O3/c1-6-41-31-26(21-10-12-35-27(15-21)30(40)34-5)14-23(18-37-31)25-17-24(9-7-8-20(25)2)38-29(39)22-11-13-36-28(16-22)32(3,4)19-33/h7,9-18H,6H2,1-5H3,(H,34,40)(H,38,39). The summed E-state index contributed by atoms with van der Waals surface area (Å²) in [6.07, 6.45) is 10.2. The maximum absolute atomic E-state index is 13.2. The van der Waals surface area contributed by atoms with Crippen molar-refractivity contribution in [2.45, 2.75) is 33.1 Å². The Balaban J connectivity index is 1.71. The molecule has 2 amide bonds. The van der Waals surface area contributed by atoms with Gasteiger partial charge in [0.2, 0.25) is 5.88 Å². The lowest BCUT2D eigenvalue weighted by molar-refractivity contribution is 0.0953. The Labute approximate surface area is 239 Å². The number of hydrogen-bond acceptors (Lipinski definition) is 7. The van der Waals surface area contributed by atoms with Gasteiger partial charge in [-0.15, -0.1) is 5.73 Å². The first-order valence-corrected chi connectivity index (χ1v) is 13.0. The number of allylic oxidation sites excluding steroid dienone is 4. The SMILES string of the molecule is CCOc1ncc(C2=CC(NC(=O)c3ccnc(C(C)(C)C#N)c3)=CC=C=C2C)cc1-c1ccnc(C(=O)NC)c1. The van der Waals surface area contributed by atoms with Crippen LogP contribution in [0.1, 0.15) is 59.8 Å². The number of nitrogens with one attached hydrogen (secondary N) is 2. The summed E-state index contributed by atoms with van der Waals surface area (Å²) in [4.78, 5) is 38.4. The van der Waals surface area contributed by atoms with Crippen LogP contribution in [-0.2, 0) is 5.41 Å². The fraction of sp³-hybridized carbons (Fsp3) is 0.219. The van der Waals surface area contributed by atoms with Gasteiger partial charge in [-0.05, 0) is 93.0 Å². The van der Waals surface area contributed by atoms with Gasteiger partial charge in [-0.1, -0.05) is 0 Å². The Kier molecular flexibility index (Phi) is 8.57. The van der Waals surface area contributed by atoms with Gasteiger partial charge < -0.3 is 15.4 Å². The van der Waals surface area contributed by atoms with Crippen molar-refractivity contribution < 1.29 is 14.3 Å². The molecular weight excluding hydrogens is 516 g/mol. The van der Waals surface area contributed by atoms with Crippen LogP contribution in [0.15, 0.2) is 84.2 Å². The van der Waals surface area contributed by atoms with E-state index >= 15 is 0 Å². The summed E-state index contributed by atoms with van der Waals surface area (Å²) in [5.41, 5.74) is 7.94. The molecule has 3 aromatic heterocycles. The second-order valence-corrected chi connectivity index (χ2v) is 9.76. The molecule has 9 nitrogen and oxygen atoms in total. The average molecular weight is 547 g/mol. The van der Waals surface area contributed by atoms with Crippen LogP contribution in [0.25, 0.3) is 16.7 Å². The smallest absolute Gasteiger partial charge is 0.269 e. The topological polar surface area (TPSA) is 130 Å². The molecule has 0 aromatic carbocycles. The molecule has 0 aliphatic heterocycles. The minimum atomic E-state index is -0.830. The molecular formula is C32H30N6O3. The largest absolute Gasteiger partial charge is 0.478 e. The third-order valence-electron chi connectivity index (χ3n) is 6.44. The fourth-order valence-corrected chi connectivity index (χ4v) is 4.11. The first-order chi connectivity index (χ1) is 19.7. The number of amides is 2. The molecule has 0 atom stereocenters. The quantitative estimate of drug-likeness (QED) is 0.384. The van der Waals surface area contributed by atoms with E-state index in [0.717, 1.165) is 22.3 Å². The lowest BCUT2D eigenvalue weighted by Gasteiger charge is -2.16. The van der Waals surface area contributed by atoms with Crippen LogP contribution in [0.4, 0.5) is 0 Å². The summed E-state index contributed by atoms with van der Waals surface area (Å²) in [5.74, 6) is -0.205. The molecule has 3 aromatic rings. The van der Waals surface area contributed by atoms with Gasteiger partial charge in [0.1, 0.15) is 5.69 Å². The molecule has 4 rings (SSSR count). The maximum Gasteiger partial charge on any atom is 0.269 e. The molecule has 0 bridgehead atoms. The number of ether oxygens (including phenoxy) is 1. The Hall–Kier alpha value is -5.32. The van der Waals surface area contributed by atoms with Crippen molar-refractivity contribution in [1.29, 1.82) is 5.26 Å². The van der Waals surface area contributed by atoms with E-state index in [4.69, 9.17) is 4.74 Å². The lowest BCUT2D eigenvalue weighted by Crippen LogP contribution is -2.23. The molecule has 1 aliphatic rings. The van der Waals surface area contributed by atoms with E-state index in [1.165, 1.54) is 6.20 Å². The summed E-state index contributed by atoms with van der Waals surface area (Å²) in [6.45, 7) is 7.72. The molecule has 0 unspecified atom stereocenters. The van der Waals surface area contributed by atoms with E-state index < -0.39 is 5.41 Å². The summed E-state index contributed by atoms with van der Waals surface area (Å²) in [7, 11) is 1.55. The third kappa shape index (κ3) is 6.47. The predicted octanol–water partition coefficient (Wildman–Crippen LogP) is 4.91. The summed E-state index contributed by atoms with van der Waals surface area (Å²) >= 11 is 0. The van der Waals surface area contributed by atoms with Gasteiger partial charge in [0.25, 0.3) is 11.8 Å². The van der Waals surface area contributed by atoms with Crippen LogP contribution in [0.5, 0.6) is 5.88 Å². The number of hydrogen-bond donors (Lipinski definition) is 2. The zero-order chi connectivity index (χ0) is 29.6. The van der Waals surface area contributed by atoms with Gasteiger partial charge in [0.15, 0.2) is 0 Å². The van der Waals surface area contributed by atoms with Crippen molar-refractivity contribution in [1.82, 2.24) is 25.6 Å². The van der Waals surface area contributed by atoms with Crippen LogP contribution < -0.4 is 15.4 Å². The fourth-order valence-electron chi connectivity index (χ4n) is 4.11. The highest BCUT2D eigenvalue weighted by Crippen LogP contribution is 2.34. The lowest BCUT2D eigenvalue weighted by atomic mass is 9.90. The molecule has 9 heteroatoms. The number of nitriles is 1. The van der Waals surface area contributed by atoms with E-state index in [2.05, 4.69) is 37.4 Å². The number of rotatable bonds is 8. The third-order valence-corrected chi connectivity index (χ3v) is 6.44. The van der Waals surface area contributed by atoms with Crippen LogP contribution >= 0.6 is 0 Å². The summed E-state index contributed by atoms with van der Waals surface area (Å²) < 4.78 is 5.80. The number of nitrogens with zero attached hydrogens (tertiary/aromatic N) is 4. The van der Waals surface area contributed by atoms with Crippen molar-refractivity contribution >= 4 is 17.4 Å². The molecule has 0 spiro atoms. The molecule has 2 N–H and O–H groups in total. The first-order valence-electron chi connectivity index (χ1n) is 13.0. The zero-order valence-corrected chi connectivity index (χ0v) is 23.6. The minimum absolute atomic E-state index is 0.274. The van der Waals surface area contributed by atoms with E-state index in [1.807, 2.05) is 26.0 Å². The van der Waals surface area contributed by atoms with Crippen LogP contribution in [0.3, 0.4) is 0 Å². The summed E-state index contributed by atoms with van der Waals surface area (Å²) in [6, 6.07) is 10.9. The Morgan fingerprint density at radius 3 is 2.59 bits per heavy atom. The molecule has 0 fully saturated rings. The predicted molar refractivity (Wildman–Crippen MR) is 156 cm³/mol. The molecule has 0 saturated heterocycles. The van der Waals surface area contributed by atoms with Gasteiger partial charge in [-0.25, -0.2) is 4.98 Å². The van der Waals surface area contributed by atoms with E-state index in [1.54, 1.807) is 69.7 Å². The normalized spacial score (nSPS) is 12.7. The second-order valence-electron chi connectivity index (χ2n) is 9.76. The van der Waals surface area contributed by atoms with Gasteiger partial charge in [-0.3, -0.25) is 19.6 Å². The van der Waals surface area contributed by atoms with Crippen molar-refractivity contribution in [3.05, 3.63) is 107 Å². The highest BCUT2D eigenvalue weighted by molar-refractivity contribution is 5.96. The second kappa shape index (κ2) is 12.2. The van der Waals surface area contributed by atoms with Crippen molar-refractivity contribution in [2.24, 2.45) is 0 Å². The molecule has 206 valence electrons. The molecule has 3 heterocycles. The number of aromatic nitrogens is 3. The van der Waals surface area contributed by atoms with Crippen molar-refractivity contribution in [3.63, 3.8) is 0 Å². The van der Waals surface area contributed by atoms with Gasteiger partial charge >= 0.3 is 0 Å². The van der Waals surface area contributed by atoms with Gasteiger partial charge in [0.05, 0.1) is 23.8 Å². The van der Waals surface area contributed by atoms with E-state index in [0.29, 0.717) is 35.0 Å². The van der Waals surface area contributed by atoms with Gasteiger partial charge in [0, 0.05) is 48.0 Å². The molecule has 41 heavy (non-hydrogen) atoms. The highest BCUT2D eigenvalue weighted by Gasteiger charge is 2.23. The zero-order valence-electron chi connectivity index (χ0n) is 23.6. The van der Waals surface area contributed by atoms with E-state index in [-0.39, 0.29) is 17.5 Å². The Morgan fingerprint density at radius 2 is 1.85 bits per heavy atom. The molecule has 1 aliphatic carbocycles. The van der Waals surface area contributed by atoms with Crippen LogP contribution in [0.2, 0.25) is 0 Å². The van der Waals surface area contributed by atoms with Crippen LogP contribution in [0, 0.1) is 11.3 Å². The highest BCUT2D eigenvalue weighted by atomic mass is 16.5.